The van der Waals surface area contributed by atoms with Gasteiger partial charge in [0.05, 0.1) is 0 Å². The molecule has 2 atom stereocenters. The van der Waals surface area contributed by atoms with Crippen molar-refractivity contribution in [2.45, 2.75) is 26.3 Å². The lowest BCUT2D eigenvalue weighted by Gasteiger charge is -2.17. The number of ketones is 1. The Hall–Kier alpha value is -2.17. The molecule has 1 aromatic carbocycles. The number of hydrogen-bond acceptors (Lipinski definition) is 3. The van der Waals surface area contributed by atoms with Crippen molar-refractivity contribution in [3.05, 3.63) is 35.9 Å². The van der Waals surface area contributed by atoms with Crippen LogP contribution in [0, 0.1) is 5.92 Å². The van der Waals surface area contributed by atoms with Gasteiger partial charge in [-0.05, 0) is 25.5 Å². The van der Waals surface area contributed by atoms with Crippen LogP contribution in [0.4, 0.5) is 0 Å². The SMILES string of the molecule is CC(=O)C(C)CC(NC(=O)c1ccccc1)C(=O)O. The highest BCUT2D eigenvalue weighted by Gasteiger charge is 2.24. The van der Waals surface area contributed by atoms with Crippen LogP contribution in [0.25, 0.3) is 0 Å². The van der Waals surface area contributed by atoms with Crippen molar-refractivity contribution in [2.24, 2.45) is 5.92 Å². The maximum atomic E-state index is 11.9. The van der Waals surface area contributed by atoms with E-state index < -0.39 is 23.8 Å². The molecule has 0 bridgehead atoms. The Morgan fingerprint density at radius 1 is 1.21 bits per heavy atom. The van der Waals surface area contributed by atoms with Gasteiger partial charge < -0.3 is 10.4 Å². The van der Waals surface area contributed by atoms with Crippen molar-refractivity contribution in [3.63, 3.8) is 0 Å². The first-order valence-electron chi connectivity index (χ1n) is 6.01. The number of carbonyl (C=O) groups is 3. The molecule has 0 heterocycles. The first-order chi connectivity index (χ1) is 8.91. The van der Waals surface area contributed by atoms with Crippen LogP contribution in [0.3, 0.4) is 0 Å². The normalized spacial score (nSPS) is 13.4. The number of amides is 1. The Balaban J connectivity index is 2.72. The van der Waals surface area contributed by atoms with Crippen LogP contribution in [0.15, 0.2) is 30.3 Å². The Morgan fingerprint density at radius 3 is 2.26 bits per heavy atom. The average Bonchev–Trinajstić information content (AvgIpc) is 2.38. The molecular weight excluding hydrogens is 246 g/mol. The number of Topliss-reactive ketones (excluding diaryl/α,β-unsaturated/α-hetero) is 1. The molecule has 0 spiro atoms. The Kier molecular flexibility index (Phi) is 5.23. The summed E-state index contributed by atoms with van der Waals surface area (Å²) in [5.41, 5.74) is 0.393. The lowest BCUT2D eigenvalue weighted by molar-refractivity contribution is -0.139. The molecule has 102 valence electrons. The highest BCUT2D eigenvalue weighted by atomic mass is 16.4. The number of rotatable bonds is 6. The van der Waals surface area contributed by atoms with Crippen LogP contribution in [-0.2, 0) is 9.59 Å². The van der Waals surface area contributed by atoms with Gasteiger partial charge in [0.25, 0.3) is 5.91 Å². The first kappa shape index (κ1) is 14.9. The van der Waals surface area contributed by atoms with Gasteiger partial charge >= 0.3 is 5.97 Å². The van der Waals surface area contributed by atoms with Crippen molar-refractivity contribution >= 4 is 17.7 Å². The lowest BCUT2D eigenvalue weighted by atomic mass is 9.98. The van der Waals surface area contributed by atoms with E-state index in [1.54, 1.807) is 37.3 Å². The van der Waals surface area contributed by atoms with Crippen LogP contribution in [-0.4, -0.2) is 28.8 Å². The zero-order valence-electron chi connectivity index (χ0n) is 10.9. The van der Waals surface area contributed by atoms with E-state index in [2.05, 4.69) is 5.32 Å². The summed E-state index contributed by atoms with van der Waals surface area (Å²) >= 11 is 0. The minimum atomic E-state index is -1.14. The second kappa shape index (κ2) is 6.68. The summed E-state index contributed by atoms with van der Waals surface area (Å²) < 4.78 is 0. The molecule has 1 aromatic rings. The molecule has 0 radical (unpaired) electrons. The lowest BCUT2D eigenvalue weighted by Crippen LogP contribution is -2.42. The third-order valence-electron chi connectivity index (χ3n) is 2.92. The van der Waals surface area contributed by atoms with Crippen molar-refractivity contribution < 1.29 is 19.5 Å². The third kappa shape index (κ3) is 4.54. The Bertz CT molecular complexity index is 470. The molecule has 19 heavy (non-hydrogen) atoms. The highest BCUT2D eigenvalue weighted by Crippen LogP contribution is 2.09. The molecule has 1 rings (SSSR count). The van der Waals surface area contributed by atoms with Crippen LogP contribution in [0.2, 0.25) is 0 Å². The van der Waals surface area contributed by atoms with E-state index in [1.165, 1.54) is 6.92 Å². The molecule has 0 aliphatic heterocycles. The highest BCUT2D eigenvalue weighted by molar-refractivity contribution is 5.96. The summed E-state index contributed by atoms with van der Waals surface area (Å²) in [5.74, 6) is -2.10. The van der Waals surface area contributed by atoms with Gasteiger partial charge in [-0.25, -0.2) is 4.79 Å². The standard InChI is InChI=1S/C14H17NO4/c1-9(10(2)16)8-12(14(18)19)15-13(17)11-6-4-3-5-7-11/h3-7,9,12H,8H2,1-2H3,(H,15,17)(H,18,19). The maximum Gasteiger partial charge on any atom is 0.326 e. The smallest absolute Gasteiger partial charge is 0.326 e. The van der Waals surface area contributed by atoms with Gasteiger partial charge in [-0.1, -0.05) is 25.1 Å². The average molecular weight is 263 g/mol. The number of hydrogen-bond donors (Lipinski definition) is 2. The van der Waals surface area contributed by atoms with Crippen molar-refractivity contribution in [2.75, 3.05) is 0 Å². The van der Waals surface area contributed by atoms with E-state index in [1.807, 2.05) is 0 Å². The molecular formula is C14H17NO4. The monoisotopic (exact) mass is 263 g/mol. The molecule has 2 unspecified atom stereocenters. The summed E-state index contributed by atoms with van der Waals surface area (Å²) in [7, 11) is 0. The van der Waals surface area contributed by atoms with Gasteiger partial charge in [0.15, 0.2) is 0 Å². The minimum Gasteiger partial charge on any atom is -0.480 e. The first-order valence-corrected chi connectivity index (χ1v) is 6.01. The summed E-state index contributed by atoms with van der Waals surface area (Å²) in [6.07, 6.45) is 0.0865. The molecule has 0 saturated heterocycles. The van der Waals surface area contributed by atoms with E-state index in [9.17, 15) is 14.4 Å². The summed E-state index contributed by atoms with van der Waals surface area (Å²) in [6, 6.07) is 7.30. The van der Waals surface area contributed by atoms with Gasteiger partial charge in [-0.15, -0.1) is 0 Å². The molecule has 5 nitrogen and oxygen atoms in total. The number of benzene rings is 1. The topological polar surface area (TPSA) is 83.5 Å². The second-order valence-corrected chi connectivity index (χ2v) is 4.48. The summed E-state index contributed by atoms with van der Waals surface area (Å²) in [5, 5.41) is 11.5. The van der Waals surface area contributed by atoms with Gasteiger partial charge in [-0.3, -0.25) is 9.59 Å². The van der Waals surface area contributed by atoms with E-state index in [-0.39, 0.29) is 12.2 Å². The minimum absolute atomic E-state index is 0.0865. The van der Waals surface area contributed by atoms with Gasteiger partial charge in [0.1, 0.15) is 11.8 Å². The van der Waals surface area contributed by atoms with E-state index in [0.29, 0.717) is 5.56 Å². The van der Waals surface area contributed by atoms with Crippen LogP contribution >= 0.6 is 0 Å². The number of aliphatic carboxylic acids is 1. The van der Waals surface area contributed by atoms with E-state index in [0.717, 1.165) is 0 Å². The zero-order chi connectivity index (χ0) is 14.4. The van der Waals surface area contributed by atoms with Gasteiger partial charge in [0, 0.05) is 11.5 Å². The Labute approximate surface area is 111 Å². The van der Waals surface area contributed by atoms with Crippen LogP contribution < -0.4 is 5.32 Å². The number of nitrogens with one attached hydrogen (secondary N) is 1. The zero-order valence-corrected chi connectivity index (χ0v) is 10.9. The molecule has 0 fully saturated rings. The molecule has 0 saturated carbocycles. The van der Waals surface area contributed by atoms with Crippen molar-refractivity contribution in [1.29, 1.82) is 0 Å². The molecule has 0 aliphatic carbocycles. The number of carboxylic acids is 1. The predicted molar refractivity (Wildman–Crippen MR) is 69.8 cm³/mol. The fourth-order valence-corrected chi connectivity index (χ4v) is 1.57. The second-order valence-electron chi connectivity index (χ2n) is 4.48. The number of carboxylic acid groups (broad SMARTS) is 1. The van der Waals surface area contributed by atoms with Gasteiger partial charge in [-0.2, -0.15) is 0 Å². The Morgan fingerprint density at radius 2 is 1.79 bits per heavy atom. The van der Waals surface area contributed by atoms with Gasteiger partial charge in [0.2, 0.25) is 0 Å². The van der Waals surface area contributed by atoms with Crippen molar-refractivity contribution in [3.8, 4) is 0 Å². The quantitative estimate of drug-likeness (QED) is 0.814. The van der Waals surface area contributed by atoms with E-state index >= 15 is 0 Å². The number of carbonyl (C=O) groups excluding carboxylic acids is 2. The summed E-state index contributed by atoms with van der Waals surface area (Å²) in [4.78, 5) is 34.1. The molecule has 5 heteroatoms. The largest absolute Gasteiger partial charge is 0.480 e. The van der Waals surface area contributed by atoms with Crippen LogP contribution in [0.1, 0.15) is 30.6 Å². The fourth-order valence-electron chi connectivity index (χ4n) is 1.57. The summed E-state index contributed by atoms with van der Waals surface area (Å²) in [6.45, 7) is 3.05. The maximum absolute atomic E-state index is 11.9. The van der Waals surface area contributed by atoms with E-state index in [4.69, 9.17) is 5.11 Å². The molecule has 2 N–H and O–H groups in total. The van der Waals surface area contributed by atoms with Crippen LogP contribution in [0.5, 0.6) is 0 Å². The van der Waals surface area contributed by atoms with Crippen molar-refractivity contribution in [1.82, 2.24) is 5.32 Å². The predicted octanol–water partition coefficient (Wildman–Crippen LogP) is 1.48. The third-order valence-corrected chi connectivity index (χ3v) is 2.92. The molecule has 0 aromatic heterocycles. The molecule has 0 aliphatic rings. The molecule has 1 amide bonds. The fraction of sp³-hybridized carbons (Fsp3) is 0.357.